The summed E-state index contributed by atoms with van der Waals surface area (Å²) in [6, 6.07) is 10.1. The third kappa shape index (κ3) is 3.74. The highest BCUT2D eigenvalue weighted by atomic mass is 35.5. The Morgan fingerprint density at radius 3 is 2.56 bits per heavy atom. The second-order valence-corrected chi connectivity index (χ2v) is 6.99. The van der Waals surface area contributed by atoms with E-state index in [2.05, 4.69) is 15.3 Å². The lowest BCUT2D eigenvalue weighted by Crippen LogP contribution is -2.03. The number of aromatic hydroxyl groups is 1. The molecule has 0 saturated heterocycles. The van der Waals surface area contributed by atoms with Gasteiger partial charge >= 0.3 is 0 Å². The van der Waals surface area contributed by atoms with Gasteiger partial charge < -0.3 is 29.2 Å². The molecule has 0 amide bonds. The van der Waals surface area contributed by atoms with E-state index >= 15 is 0 Å². The number of carbonyl (C=O) groups excluding carboxylic acids is 1. The van der Waals surface area contributed by atoms with Crippen LogP contribution in [0.25, 0.3) is 16.7 Å². The Kier molecular flexibility index (Phi) is 5.74. The normalized spacial score (nSPS) is 10.8. The van der Waals surface area contributed by atoms with Crippen LogP contribution in [0.15, 0.2) is 48.8 Å². The Hall–Kier alpha value is -3.98. The van der Waals surface area contributed by atoms with E-state index in [1.165, 1.54) is 27.4 Å². The maximum Gasteiger partial charge on any atom is 0.252 e. The number of ether oxygens (including phenoxy) is 3. The molecule has 0 radical (unpaired) electrons. The quantitative estimate of drug-likeness (QED) is 0.315. The number of nitrogens with one attached hydrogen (secondary N) is 1. The van der Waals surface area contributed by atoms with Crippen molar-refractivity contribution in [3.05, 3.63) is 54.4 Å². The molecule has 10 heteroatoms. The second kappa shape index (κ2) is 8.64. The summed E-state index contributed by atoms with van der Waals surface area (Å²) in [5, 5.41) is 13.7. The molecule has 0 aliphatic carbocycles. The van der Waals surface area contributed by atoms with E-state index < -0.39 is 5.24 Å². The summed E-state index contributed by atoms with van der Waals surface area (Å²) in [6.45, 7) is 0. The monoisotopic (exact) mass is 454 g/mol. The predicted molar refractivity (Wildman–Crippen MR) is 120 cm³/mol. The van der Waals surface area contributed by atoms with E-state index in [0.29, 0.717) is 28.4 Å². The largest absolute Gasteiger partial charge is 0.505 e. The molecule has 4 rings (SSSR count). The molecule has 9 nitrogen and oxygen atoms in total. The third-order valence-electron chi connectivity index (χ3n) is 4.82. The first-order valence-corrected chi connectivity index (χ1v) is 9.78. The molecule has 2 aromatic carbocycles. The minimum Gasteiger partial charge on any atom is -0.505 e. The number of halogens is 1. The van der Waals surface area contributed by atoms with Gasteiger partial charge in [-0.1, -0.05) is 6.07 Å². The number of aromatic nitrogens is 3. The molecule has 2 N–H and O–H groups in total. The molecule has 0 unspecified atom stereocenters. The van der Waals surface area contributed by atoms with Gasteiger partial charge in [0.05, 0.1) is 21.3 Å². The minimum atomic E-state index is -0.545. The van der Waals surface area contributed by atoms with Gasteiger partial charge in [-0.25, -0.2) is 4.98 Å². The van der Waals surface area contributed by atoms with Gasteiger partial charge in [0.25, 0.3) is 5.24 Å². The molecular weight excluding hydrogens is 436 g/mol. The molecular formula is C22H19ClN4O5. The molecule has 0 aliphatic rings. The van der Waals surface area contributed by atoms with Gasteiger partial charge in [0, 0.05) is 35.1 Å². The van der Waals surface area contributed by atoms with Crippen molar-refractivity contribution in [1.29, 1.82) is 0 Å². The highest BCUT2D eigenvalue weighted by Crippen LogP contribution is 2.48. The topological polar surface area (TPSA) is 108 Å². The van der Waals surface area contributed by atoms with Crippen molar-refractivity contribution in [2.45, 2.75) is 0 Å². The first-order valence-electron chi connectivity index (χ1n) is 9.40. The number of anilines is 2. The number of rotatable bonds is 7. The minimum absolute atomic E-state index is 0.132. The summed E-state index contributed by atoms with van der Waals surface area (Å²) in [7, 11) is 4.38. The zero-order chi connectivity index (χ0) is 22.8. The fourth-order valence-corrected chi connectivity index (χ4v) is 3.46. The van der Waals surface area contributed by atoms with Gasteiger partial charge in [-0.15, -0.1) is 0 Å². The van der Waals surface area contributed by atoms with Crippen LogP contribution in [0.4, 0.5) is 11.6 Å². The Bertz CT molecular complexity index is 1320. The number of benzene rings is 2. The number of fused-ring (bicyclic) bond motifs is 1. The smallest absolute Gasteiger partial charge is 0.252 e. The highest BCUT2D eigenvalue weighted by molar-refractivity contribution is 6.67. The summed E-state index contributed by atoms with van der Waals surface area (Å²) >= 11 is 5.62. The predicted octanol–water partition coefficient (Wildman–Crippen LogP) is 4.27. The first kappa shape index (κ1) is 21.3. The second-order valence-electron chi connectivity index (χ2n) is 6.65. The summed E-state index contributed by atoms with van der Waals surface area (Å²) in [6.07, 6.45) is 3.46. The SMILES string of the molecule is COc1cc(O)c(Nc2ncc3ccn(-c4cccc(C(=O)Cl)c4)c3n2)c(OC)c1OC. The number of hydrogen-bond acceptors (Lipinski definition) is 8. The van der Waals surface area contributed by atoms with E-state index in [0.717, 1.165) is 5.39 Å². The van der Waals surface area contributed by atoms with Crippen molar-refractivity contribution in [3.63, 3.8) is 0 Å². The van der Waals surface area contributed by atoms with Crippen molar-refractivity contribution in [2.24, 2.45) is 0 Å². The molecule has 0 fully saturated rings. The maximum absolute atomic E-state index is 11.5. The summed E-state index contributed by atoms with van der Waals surface area (Å²) < 4.78 is 17.8. The van der Waals surface area contributed by atoms with E-state index in [1.807, 2.05) is 18.3 Å². The van der Waals surface area contributed by atoms with E-state index in [1.54, 1.807) is 29.0 Å². The number of methoxy groups -OCH3 is 3. The van der Waals surface area contributed by atoms with Crippen LogP contribution in [0, 0.1) is 0 Å². The van der Waals surface area contributed by atoms with Crippen LogP contribution in [-0.4, -0.2) is 46.2 Å². The lowest BCUT2D eigenvalue weighted by molar-refractivity contribution is 0.108. The molecule has 0 spiro atoms. The zero-order valence-electron chi connectivity index (χ0n) is 17.4. The van der Waals surface area contributed by atoms with Gasteiger partial charge in [0.15, 0.2) is 11.5 Å². The van der Waals surface area contributed by atoms with Crippen LogP contribution in [0.2, 0.25) is 0 Å². The molecule has 32 heavy (non-hydrogen) atoms. The van der Waals surface area contributed by atoms with Gasteiger partial charge in [-0.3, -0.25) is 4.79 Å². The zero-order valence-corrected chi connectivity index (χ0v) is 18.2. The number of phenolic OH excluding ortho intramolecular Hbond substituents is 1. The van der Waals surface area contributed by atoms with Gasteiger partial charge in [-0.05, 0) is 35.9 Å². The number of nitrogens with zero attached hydrogens (tertiary/aromatic N) is 3. The van der Waals surface area contributed by atoms with Crippen molar-refractivity contribution < 1.29 is 24.1 Å². The van der Waals surface area contributed by atoms with E-state index in [4.69, 9.17) is 25.8 Å². The van der Waals surface area contributed by atoms with Crippen LogP contribution in [0.1, 0.15) is 10.4 Å². The van der Waals surface area contributed by atoms with Crippen LogP contribution < -0.4 is 19.5 Å². The van der Waals surface area contributed by atoms with Gasteiger partial charge in [0.1, 0.15) is 17.1 Å². The molecule has 0 atom stereocenters. The molecule has 4 aromatic rings. The lowest BCUT2D eigenvalue weighted by atomic mass is 10.2. The lowest BCUT2D eigenvalue weighted by Gasteiger charge is -2.17. The molecule has 0 aliphatic heterocycles. The highest BCUT2D eigenvalue weighted by Gasteiger charge is 2.21. The standard InChI is InChI=1S/C22H19ClN4O5/c1-30-16-10-15(28)17(19(32-3)18(16)31-2)25-22-24-11-13-7-8-27(21(13)26-22)14-6-4-5-12(9-14)20(23)29/h4-11,28H,1-3H3,(H,24,25,26). The average molecular weight is 455 g/mol. The van der Waals surface area contributed by atoms with Gasteiger partial charge in [0.2, 0.25) is 11.7 Å². The van der Waals surface area contributed by atoms with Crippen LogP contribution in [0.3, 0.4) is 0 Å². The van der Waals surface area contributed by atoms with E-state index in [9.17, 15) is 9.90 Å². The average Bonchev–Trinajstić information content (AvgIpc) is 3.23. The van der Waals surface area contributed by atoms with E-state index in [-0.39, 0.29) is 23.1 Å². The van der Waals surface area contributed by atoms with Crippen LogP contribution in [-0.2, 0) is 0 Å². The fraction of sp³-hybridized carbons (Fsp3) is 0.136. The molecule has 2 aromatic heterocycles. The Morgan fingerprint density at radius 2 is 1.88 bits per heavy atom. The number of carbonyl (C=O) groups is 1. The molecule has 164 valence electrons. The van der Waals surface area contributed by atoms with Crippen molar-refractivity contribution in [3.8, 4) is 28.7 Å². The molecule has 0 saturated carbocycles. The fourth-order valence-electron chi connectivity index (χ4n) is 3.34. The van der Waals surface area contributed by atoms with Crippen LogP contribution >= 0.6 is 11.6 Å². The van der Waals surface area contributed by atoms with Gasteiger partial charge in [-0.2, -0.15) is 4.98 Å². The molecule has 2 heterocycles. The Balaban J connectivity index is 1.79. The van der Waals surface area contributed by atoms with Crippen molar-refractivity contribution in [2.75, 3.05) is 26.6 Å². The Morgan fingerprint density at radius 1 is 1.09 bits per heavy atom. The summed E-state index contributed by atoms with van der Waals surface area (Å²) in [5.74, 6) is 0.931. The number of hydrogen-bond donors (Lipinski definition) is 2. The third-order valence-corrected chi connectivity index (χ3v) is 5.04. The number of phenols is 1. The molecule has 0 bridgehead atoms. The summed E-state index contributed by atoms with van der Waals surface area (Å²) in [5.41, 5.74) is 1.89. The maximum atomic E-state index is 11.5. The van der Waals surface area contributed by atoms with Crippen molar-refractivity contribution >= 4 is 39.5 Å². The van der Waals surface area contributed by atoms with Crippen molar-refractivity contribution in [1.82, 2.24) is 14.5 Å². The summed E-state index contributed by atoms with van der Waals surface area (Å²) in [4.78, 5) is 20.4. The van der Waals surface area contributed by atoms with Crippen LogP contribution in [0.5, 0.6) is 23.0 Å². The Labute approximate surface area is 188 Å². The first-order chi connectivity index (χ1) is 15.5.